The smallest absolute Gasteiger partial charge is 0.255 e. The van der Waals surface area contributed by atoms with E-state index in [4.69, 9.17) is 4.74 Å². The van der Waals surface area contributed by atoms with Crippen LogP contribution in [0.3, 0.4) is 0 Å². The molecule has 0 heterocycles. The Hall–Kier alpha value is -2.33. The first-order valence-corrected chi connectivity index (χ1v) is 7.92. The highest BCUT2D eigenvalue weighted by Gasteiger charge is 2.07. The number of hydrogen-bond acceptors (Lipinski definition) is 3. The quantitative estimate of drug-likeness (QED) is 0.842. The first-order valence-electron chi connectivity index (χ1n) is 7.92. The molecule has 2 aromatic rings. The molecule has 0 aliphatic carbocycles. The minimum atomic E-state index is -0.107. The molecule has 0 aromatic heterocycles. The number of amides is 1. The lowest BCUT2D eigenvalue weighted by Gasteiger charge is -2.21. The number of nitrogens with one attached hydrogen (secondary N) is 1. The Balaban J connectivity index is 2.02. The highest BCUT2D eigenvalue weighted by atomic mass is 16.5. The van der Waals surface area contributed by atoms with Crippen molar-refractivity contribution < 1.29 is 9.53 Å². The summed E-state index contributed by atoms with van der Waals surface area (Å²) >= 11 is 0. The number of carbonyl (C=O) groups is 1. The lowest BCUT2D eigenvalue weighted by molar-refractivity contribution is 0.102. The lowest BCUT2D eigenvalue weighted by atomic mass is 10.1. The summed E-state index contributed by atoms with van der Waals surface area (Å²) in [5.74, 6) is -0.107. The second-order valence-corrected chi connectivity index (χ2v) is 5.30. The largest absolute Gasteiger partial charge is 0.380 e. The van der Waals surface area contributed by atoms with E-state index >= 15 is 0 Å². The van der Waals surface area contributed by atoms with Crippen LogP contribution < -0.4 is 10.2 Å². The number of methoxy groups -OCH3 is 1. The van der Waals surface area contributed by atoms with Crippen molar-refractivity contribution in [1.29, 1.82) is 0 Å². The maximum absolute atomic E-state index is 12.3. The summed E-state index contributed by atoms with van der Waals surface area (Å²) in [6, 6.07) is 15.4. The molecule has 0 aliphatic heterocycles. The van der Waals surface area contributed by atoms with Gasteiger partial charge >= 0.3 is 0 Å². The van der Waals surface area contributed by atoms with Crippen molar-refractivity contribution >= 4 is 17.3 Å². The zero-order valence-electron chi connectivity index (χ0n) is 14.0. The molecule has 0 unspecified atom stereocenters. The molecule has 0 radical (unpaired) electrons. The number of nitrogens with zero attached hydrogens (tertiary/aromatic N) is 1. The van der Waals surface area contributed by atoms with E-state index in [-0.39, 0.29) is 5.91 Å². The van der Waals surface area contributed by atoms with Crippen molar-refractivity contribution in [3.8, 4) is 0 Å². The number of rotatable bonds is 7. The zero-order chi connectivity index (χ0) is 16.7. The molecule has 122 valence electrons. The zero-order valence-corrected chi connectivity index (χ0v) is 14.0. The molecular weight excluding hydrogens is 288 g/mol. The molecular formula is C19H24N2O2. The van der Waals surface area contributed by atoms with Gasteiger partial charge in [-0.1, -0.05) is 12.1 Å². The standard InChI is InChI=1S/C19H24N2O2/c1-4-21(5-2)18-12-10-17(11-13-18)20-19(22)16-8-6-15(7-9-16)14-23-3/h6-13H,4-5,14H2,1-3H3,(H,20,22). The van der Waals surface area contributed by atoms with Crippen LogP contribution in [0.4, 0.5) is 11.4 Å². The van der Waals surface area contributed by atoms with Crippen LogP contribution in [0, 0.1) is 0 Å². The molecule has 4 heteroatoms. The van der Waals surface area contributed by atoms with Crippen LogP contribution in [0.15, 0.2) is 48.5 Å². The molecule has 2 aromatic carbocycles. The van der Waals surface area contributed by atoms with Gasteiger partial charge in [0.2, 0.25) is 0 Å². The Morgan fingerprint density at radius 2 is 1.61 bits per heavy atom. The highest BCUT2D eigenvalue weighted by molar-refractivity contribution is 6.04. The van der Waals surface area contributed by atoms with Crippen molar-refractivity contribution in [2.45, 2.75) is 20.5 Å². The second-order valence-electron chi connectivity index (χ2n) is 5.30. The van der Waals surface area contributed by atoms with Gasteiger partial charge in [0, 0.05) is 37.1 Å². The maximum Gasteiger partial charge on any atom is 0.255 e. The Labute approximate surface area is 138 Å². The van der Waals surface area contributed by atoms with Crippen molar-refractivity contribution in [1.82, 2.24) is 0 Å². The fraction of sp³-hybridized carbons (Fsp3) is 0.316. The van der Waals surface area contributed by atoms with E-state index in [0.29, 0.717) is 12.2 Å². The third-order valence-corrected chi connectivity index (χ3v) is 3.78. The van der Waals surface area contributed by atoms with E-state index in [1.165, 1.54) is 0 Å². The summed E-state index contributed by atoms with van der Waals surface area (Å²) in [5, 5.41) is 2.92. The monoisotopic (exact) mass is 312 g/mol. The van der Waals surface area contributed by atoms with Gasteiger partial charge in [-0.2, -0.15) is 0 Å². The first-order chi connectivity index (χ1) is 11.2. The van der Waals surface area contributed by atoms with Crippen molar-refractivity contribution in [2.75, 3.05) is 30.4 Å². The molecule has 0 saturated heterocycles. The SMILES string of the molecule is CCN(CC)c1ccc(NC(=O)c2ccc(COC)cc2)cc1. The third kappa shape index (κ3) is 4.57. The van der Waals surface area contributed by atoms with Gasteiger partial charge < -0.3 is 15.0 Å². The van der Waals surface area contributed by atoms with Gasteiger partial charge in [0.15, 0.2) is 0 Å². The van der Waals surface area contributed by atoms with Crippen LogP contribution in [-0.2, 0) is 11.3 Å². The van der Waals surface area contributed by atoms with Gasteiger partial charge in [0.1, 0.15) is 0 Å². The van der Waals surface area contributed by atoms with E-state index in [1.54, 1.807) is 7.11 Å². The van der Waals surface area contributed by atoms with E-state index in [9.17, 15) is 4.79 Å². The van der Waals surface area contributed by atoms with Crippen LogP contribution in [0.25, 0.3) is 0 Å². The van der Waals surface area contributed by atoms with E-state index in [0.717, 1.165) is 30.0 Å². The predicted molar refractivity (Wildman–Crippen MR) is 95.1 cm³/mol. The molecule has 1 amide bonds. The normalized spacial score (nSPS) is 10.4. The Morgan fingerprint density at radius 1 is 1.00 bits per heavy atom. The molecule has 1 N–H and O–H groups in total. The molecule has 4 nitrogen and oxygen atoms in total. The van der Waals surface area contributed by atoms with E-state index in [1.807, 2.05) is 48.5 Å². The van der Waals surface area contributed by atoms with Gasteiger partial charge in [-0.15, -0.1) is 0 Å². The number of anilines is 2. The number of hydrogen-bond donors (Lipinski definition) is 1. The van der Waals surface area contributed by atoms with Crippen LogP contribution >= 0.6 is 0 Å². The van der Waals surface area contributed by atoms with Gasteiger partial charge in [-0.3, -0.25) is 4.79 Å². The van der Waals surface area contributed by atoms with Crippen molar-refractivity contribution in [2.24, 2.45) is 0 Å². The first kappa shape index (κ1) is 17.0. The molecule has 23 heavy (non-hydrogen) atoms. The van der Waals surface area contributed by atoms with Crippen LogP contribution in [-0.4, -0.2) is 26.1 Å². The second kappa shape index (κ2) is 8.34. The summed E-state index contributed by atoms with van der Waals surface area (Å²) in [5.41, 5.74) is 3.65. The minimum Gasteiger partial charge on any atom is -0.380 e. The maximum atomic E-state index is 12.3. The summed E-state index contributed by atoms with van der Waals surface area (Å²) in [7, 11) is 1.66. The minimum absolute atomic E-state index is 0.107. The Kier molecular flexibility index (Phi) is 6.18. The highest BCUT2D eigenvalue weighted by Crippen LogP contribution is 2.18. The van der Waals surface area contributed by atoms with Gasteiger partial charge in [0.05, 0.1) is 6.61 Å². The average molecular weight is 312 g/mol. The number of ether oxygens (including phenoxy) is 1. The Morgan fingerprint density at radius 3 is 2.13 bits per heavy atom. The molecule has 2 rings (SSSR count). The molecule has 0 atom stereocenters. The van der Waals surface area contributed by atoms with Crippen molar-refractivity contribution in [3.63, 3.8) is 0 Å². The van der Waals surface area contributed by atoms with Gasteiger partial charge in [0.25, 0.3) is 5.91 Å². The predicted octanol–water partition coefficient (Wildman–Crippen LogP) is 3.93. The number of carbonyl (C=O) groups excluding carboxylic acids is 1. The van der Waals surface area contributed by atoms with Crippen molar-refractivity contribution in [3.05, 3.63) is 59.7 Å². The topological polar surface area (TPSA) is 41.6 Å². The molecule has 0 fully saturated rings. The van der Waals surface area contributed by atoms with Gasteiger partial charge in [-0.05, 0) is 55.8 Å². The average Bonchev–Trinajstić information content (AvgIpc) is 2.58. The molecule has 0 bridgehead atoms. The van der Waals surface area contributed by atoms with Gasteiger partial charge in [-0.25, -0.2) is 0 Å². The molecule has 0 aliphatic rings. The molecule has 0 saturated carbocycles. The third-order valence-electron chi connectivity index (χ3n) is 3.78. The summed E-state index contributed by atoms with van der Waals surface area (Å²) in [6.07, 6.45) is 0. The molecule has 0 spiro atoms. The number of benzene rings is 2. The van der Waals surface area contributed by atoms with E-state index in [2.05, 4.69) is 24.1 Å². The van der Waals surface area contributed by atoms with Crippen LogP contribution in [0.2, 0.25) is 0 Å². The van der Waals surface area contributed by atoms with Crippen LogP contribution in [0.5, 0.6) is 0 Å². The summed E-state index contributed by atoms with van der Waals surface area (Å²) in [4.78, 5) is 14.5. The fourth-order valence-electron chi connectivity index (χ4n) is 2.47. The lowest BCUT2D eigenvalue weighted by Crippen LogP contribution is -2.21. The Bertz CT molecular complexity index is 617. The fourth-order valence-corrected chi connectivity index (χ4v) is 2.47. The van der Waals surface area contributed by atoms with Crippen LogP contribution in [0.1, 0.15) is 29.8 Å². The van der Waals surface area contributed by atoms with E-state index < -0.39 is 0 Å². The summed E-state index contributed by atoms with van der Waals surface area (Å²) in [6.45, 7) is 6.75. The summed E-state index contributed by atoms with van der Waals surface area (Å²) < 4.78 is 5.07.